The topological polar surface area (TPSA) is 89.7 Å². The molecule has 7 heteroatoms. The Kier molecular flexibility index (Phi) is 5.02. The third-order valence-corrected chi connectivity index (χ3v) is 4.29. The van der Waals surface area contributed by atoms with E-state index in [1.807, 2.05) is 42.3 Å². The molecule has 0 fully saturated rings. The summed E-state index contributed by atoms with van der Waals surface area (Å²) in [5.74, 6) is -0.620. The molecular weight excluding hydrogens is 316 g/mol. The zero-order valence-corrected chi connectivity index (χ0v) is 13.7. The number of carbonyl (C=O) groups excluding carboxylic acids is 1. The second-order valence-electron chi connectivity index (χ2n) is 5.06. The lowest BCUT2D eigenvalue weighted by atomic mass is 10.1. The maximum Gasteiger partial charge on any atom is 0.340 e. The summed E-state index contributed by atoms with van der Waals surface area (Å²) >= 11 is 0. The molecule has 0 radical (unpaired) electrons. The number of hydrogen-bond donors (Lipinski definition) is 1. The summed E-state index contributed by atoms with van der Waals surface area (Å²) in [6.45, 7) is 0.555. The first-order chi connectivity index (χ1) is 10.8. The van der Waals surface area contributed by atoms with E-state index in [9.17, 15) is 13.2 Å². The van der Waals surface area contributed by atoms with Crippen LogP contribution >= 0.6 is 0 Å². The summed E-state index contributed by atoms with van der Waals surface area (Å²) in [4.78, 5) is 13.7. The number of nitrogens with two attached hydrogens (primary N) is 1. The monoisotopic (exact) mass is 334 g/mol. The smallest absolute Gasteiger partial charge is 0.340 e. The van der Waals surface area contributed by atoms with Crippen LogP contribution in [0.25, 0.3) is 0 Å². The van der Waals surface area contributed by atoms with Crippen LogP contribution in [0.2, 0.25) is 0 Å². The highest BCUT2D eigenvalue weighted by Gasteiger charge is 2.19. The highest BCUT2D eigenvalue weighted by molar-refractivity contribution is 7.89. The van der Waals surface area contributed by atoms with Crippen LogP contribution in [0, 0.1) is 0 Å². The van der Waals surface area contributed by atoms with Crippen LogP contribution in [-0.4, -0.2) is 28.5 Å². The summed E-state index contributed by atoms with van der Waals surface area (Å²) in [6.07, 6.45) is 0. The minimum Gasteiger partial charge on any atom is -0.465 e. The second kappa shape index (κ2) is 6.80. The quantitative estimate of drug-likeness (QED) is 0.842. The van der Waals surface area contributed by atoms with Gasteiger partial charge in [-0.05, 0) is 23.8 Å². The van der Waals surface area contributed by atoms with Crippen molar-refractivity contribution < 1.29 is 17.9 Å². The van der Waals surface area contributed by atoms with Crippen LogP contribution in [0.5, 0.6) is 0 Å². The molecule has 0 saturated heterocycles. The Labute approximate surface area is 135 Å². The number of primary sulfonamides is 1. The van der Waals surface area contributed by atoms with Crippen molar-refractivity contribution in [3.8, 4) is 0 Å². The van der Waals surface area contributed by atoms with Gasteiger partial charge in [0.05, 0.1) is 23.3 Å². The SMILES string of the molecule is COC(=O)c1cc(S(N)(=O)=O)ccc1N(C)Cc1ccccc1. The second-order valence-corrected chi connectivity index (χ2v) is 6.62. The molecule has 0 amide bonds. The van der Waals surface area contributed by atoms with E-state index in [4.69, 9.17) is 9.88 Å². The van der Waals surface area contributed by atoms with Crippen LogP contribution in [0.1, 0.15) is 15.9 Å². The zero-order valence-electron chi connectivity index (χ0n) is 12.9. The number of benzene rings is 2. The van der Waals surface area contributed by atoms with Crippen molar-refractivity contribution in [2.75, 3.05) is 19.1 Å². The third-order valence-electron chi connectivity index (χ3n) is 3.38. The van der Waals surface area contributed by atoms with Crippen molar-refractivity contribution in [2.45, 2.75) is 11.4 Å². The van der Waals surface area contributed by atoms with Crippen molar-refractivity contribution in [3.05, 3.63) is 59.7 Å². The lowest BCUT2D eigenvalue weighted by Gasteiger charge is -2.22. The Morgan fingerprint density at radius 1 is 1.17 bits per heavy atom. The largest absolute Gasteiger partial charge is 0.465 e. The van der Waals surface area contributed by atoms with Crippen molar-refractivity contribution in [3.63, 3.8) is 0 Å². The molecule has 6 nitrogen and oxygen atoms in total. The van der Waals surface area contributed by atoms with Gasteiger partial charge < -0.3 is 9.64 Å². The number of nitrogens with zero attached hydrogens (tertiary/aromatic N) is 1. The molecule has 2 N–H and O–H groups in total. The fourth-order valence-electron chi connectivity index (χ4n) is 2.24. The van der Waals surface area contributed by atoms with E-state index in [-0.39, 0.29) is 10.5 Å². The molecule has 2 aromatic carbocycles. The molecule has 122 valence electrons. The fourth-order valence-corrected chi connectivity index (χ4v) is 2.78. The van der Waals surface area contributed by atoms with Crippen molar-refractivity contribution in [2.24, 2.45) is 5.14 Å². The third kappa shape index (κ3) is 4.08. The van der Waals surface area contributed by atoms with Crippen molar-refractivity contribution in [1.82, 2.24) is 0 Å². The average Bonchev–Trinajstić information content (AvgIpc) is 2.53. The van der Waals surface area contributed by atoms with Crippen LogP contribution in [-0.2, 0) is 21.3 Å². The lowest BCUT2D eigenvalue weighted by molar-refractivity contribution is 0.0601. The molecule has 0 aliphatic carbocycles. The minimum absolute atomic E-state index is 0.130. The van der Waals surface area contributed by atoms with E-state index in [1.165, 1.54) is 19.2 Å². The summed E-state index contributed by atoms with van der Waals surface area (Å²) < 4.78 is 27.7. The summed E-state index contributed by atoms with van der Waals surface area (Å²) in [6, 6.07) is 13.9. The maximum atomic E-state index is 12.0. The number of esters is 1. The Morgan fingerprint density at radius 2 is 1.83 bits per heavy atom. The molecule has 0 spiro atoms. The Bertz CT molecular complexity index is 804. The van der Waals surface area contributed by atoms with Gasteiger partial charge in [0.1, 0.15) is 0 Å². The van der Waals surface area contributed by atoms with Crippen LogP contribution in [0.4, 0.5) is 5.69 Å². The van der Waals surface area contributed by atoms with Crippen molar-refractivity contribution >= 4 is 21.7 Å². The molecule has 2 rings (SSSR count). The molecule has 23 heavy (non-hydrogen) atoms. The van der Waals surface area contributed by atoms with Gasteiger partial charge in [0.25, 0.3) is 0 Å². The summed E-state index contributed by atoms with van der Waals surface area (Å²) in [7, 11) is -0.841. The first-order valence-corrected chi connectivity index (χ1v) is 8.38. The van der Waals surface area contributed by atoms with Crippen molar-refractivity contribution in [1.29, 1.82) is 0 Å². The molecule has 0 aliphatic rings. The molecule has 0 heterocycles. The van der Waals surface area contributed by atoms with E-state index in [2.05, 4.69) is 0 Å². The Morgan fingerprint density at radius 3 is 2.39 bits per heavy atom. The molecule has 0 aliphatic heterocycles. The summed E-state index contributed by atoms with van der Waals surface area (Å²) in [5.41, 5.74) is 1.77. The normalized spacial score (nSPS) is 11.1. The summed E-state index contributed by atoms with van der Waals surface area (Å²) in [5, 5.41) is 5.12. The van der Waals surface area contributed by atoms with Gasteiger partial charge in [-0.15, -0.1) is 0 Å². The number of ether oxygens (including phenoxy) is 1. The number of sulfonamides is 1. The molecule has 0 aromatic heterocycles. The number of rotatable bonds is 5. The van der Waals surface area contributed by atoms with Gasteiger partial charge in [-0.2, -0.15) is 0 Å². The number of hydrogen-bond acceptors (Lipinski definition) is 5. The Hall–Kier alpha value is -2.38. The molecular formula is C16H18N2O4S. The first kappa shape index (κ1) is 17.0. The average molecular weight is 334 g/mol. The number of carbonyl (C=O) groups is 1. The Balaban J connectivity index is 2.42. The van der Waals surface area contributed by atoms with Gasteiger partial charge in [-0.3, -0.25) is 0 Å². The van der Waals surface area contributed by atoms with Gasteiger partial charge in [-0.1, -0.05) is 30.3 Å². The predicted octanol–water partition coefficient (Wildman–Crippen LogP) is 1.76. The van der Waals surface area contributed by atoms with Gasteiger partial charge >= 0.3 is 5.97 Å². The fraction of sp³-hybridized carbons (Fsp3) is 0.188. The van der Waals surface area contributed by atoms with Crippen LogP contribution < -0.4 is 10.0 Å². The number of anilines is 1. The highest BCUT2D eigenvalue weighted by atomic mass is 32.2. The lowest BCUT2D eigenvalue weighted by Crippen LogP contribution is -2.21. The predicted molar refractivity (Wildman–Crippen MR) is 87.7 cm³/mol. The van der Waals surface area contributed by atoms with E-state index in [0.29, 0.717) is 12.2 Å². The van der Waals surface area contributed by atoms with Gasteiger partial charge in [0.2, 0.25) is 10.0 Å². The van der Waals surface area contributed by atoms with Gasteiger partial charge in [-0.25, -0.2) is 18.4 Å². The van der Waals surface area contributed by atoms with Gasteiger partial charge in [0.15, 0.2) is 0 Å². The van der Waals surface area contributed by atoms with Crippen LogP contribution in [0.3, 0.4) is 0 Å². The maximum absolute atomic E-state index is 12.0. The van der Waals surface area contributed by atoms with Gasteiger partial charge in [0, 0.05) is 13.6 Å². The first-order valence-electron chi connectivity index (χ1n) is 6.83. The van der Waals surface area contributed by atoms with E-state index < -0.39 is 16.0 Å². The van der Waals surface area contributed by atoms with E-state index >= 15 is 0 Å². The molecule has 2 aromatic rings. The van der Waals surface area contributed by atoms with E-state index in [0.717, 1.165) is 5.56 Å². The molecule has 0 unspecified atom stereocenters. The van der Waals surface area contributed by atoms with E-state index in [1.54, 1.807) is 6.07 Å². The standard InChI is InChI=1S/C16H18N2O4S/c1-18(11-12-6-4-3-5-7-12)15-9-8-13(23(17,20)21)10-14(15)16(19)22-2/h3-10H,11H2,1-2H3,(H2,17,20,21). The molecule has 0 saturated carbocycles. The zero-order chi connectivity index (χ0) is 17.0. The molecule has 0 atom stereocenters. The minimum atomic E-state index is -3.89. The molecule has 0 bridgehead atoms. The van der Waals surface area contributed by atoms with Crippen LogP contribution in [0.15, 0.2) is 53.4 Å². The number of methoxy groups -OCH3 is 1. The highest BCUT2D eigenvalue weighted by Crippen LogP contribution is 2.25.